The molecule has 0 aromatic rings. The van der Waals surface area contributed by atoms with Gasteiger partial charge >= 0.3 is 27.7 Å². The van der Waals surface area contributed by atoms with Gasteiger partial charge in [0.2, 0.25) is 0 Å². The van der Waals surface area contributed by atoms with Gasteiger partial charge in [-0.2, -0.15) is 20.4 Å². The number of nitrogens with zero attached hydrogens (tertiary/aromatic N) is 4. The fourth-order valence-electron chi connectivity index (χ4n) is 1.43. The molecule has 0 spiro atoms. The summed E-state index contributed by atoms with van der Waals surface area (Å²) in [6.07, 6.45) is 6.16. The fourth-order valence-corrected chi connectivity index (χ4v) is 1.43. The van der Waals surface area contributed by atoms with Crippen LogP contribution in [0.1, 0.15) is 13.8 Å². The van der Waals surface area contributed by atoms with Crippen molar-refractivity contribution in [3.8, 4) is 0 Å². The van der Waals surface area contributed by atoms with Crippen LogP contribution in [-0.2, 0) is 18.2 Å². The summed E-state index contributed by atoms with van der Waals surface area (Å²) in [5.74, 6) is -1.12. The summed E-state index contributed by atoms with van der Waals surface area (Å²) >= 11 is 2.22. The molecule has 0 aromatic heterocycles. The van der Waals surface area contributed by atoms with Crippen molar-refractivity contribution in [1.29, 1.82) is 0 Å². The van der Waals surface area contributed by atoms with Crippen LogP contribution in [0.5, 0.6) is 0 Å². The van der Waals surface area contributed by atoms with E-state index in [1.54, 1.807) is 26.0 Å². The van der Waals surface area contributed by atoms with E-state index in [-0.39, 0.29) is 11.4 Å². The first-order chi connectivity index (χ1) is 10.1. The molecule has 2 aliphatic heterocycles. The maximum absolute atomic E-state index is 11.7. The molecule has 1 N–H and O–H groups in total. The SMILES string of the molecule is CC1=CC(C)=NN=C([O-])C2=CC=CC(=C([O-])N=N1)N2.[Cl][Pd+]. The van der Waals surface area contributed by atoms with Gasteiger partial charge in [-0.05, 0) is 32.1 Å². The second-order valence-electron chi connectivity index (χ2n) is 3.92. The molecule has 2 bridgehead atoms. The molecule has 2 heterocycles. The second-order valence-corrected chi connectivity index (χ2v) is 3.92. The number of azo groups is 1. The molecule has 0 radical (unpaired) electrons. The van der Waals surface area contributed by atoms with Crippen LogP contribution in [0, 0.1) is 0 Å². The third-order valence-electron chi connectivity index (χ3n) is 2.27. The molecular weight excluding hydrogens is 388 g/mol. The molecule has 114 valence electrons. The van der Waals surface area contributed by atoms with E-state index in [2.05, 4.69) is 53.5 Å². The molecule has 0 aromatic carbocycles. The van der Waals surface area contributed by atoms with Crippen LogP contribution in [0.15, 0.2) is 67.7 Å². The standard InChI is InChI=1S/C12H13N5O2.ClH.Pd/c1-7-6-8(2)15-17-12(19)10-5-3-4-9(13-10)11(18)16-14-7;;/h3-6,13H,1-2H3,(H,16,18)(H,17,19);1H;/q;;+2/p-3. The minimum atomic E-state index is -0.558. The number of nitrogens with one attached hydrogen (secondary N) is 1. The molecule has 2 aliphatic rings. The molecule has 9 heteroatoms. The normalized spacial score (nSPS) is 18.0. The quantitative estimate of drug-likeness (QED) is 0.608. The van der Waals surface area contributed by atoms with Crippen molar-refractivity contribution in [3.63, 3.8) is 0 Å². The van der Waals surface area contributed by atoms with E-state index < -0.39 is 11.8 Å². The summed E-state index contributed by atoms with van der Waals surface area (Å²) in [6.45, 7) is 3.34. The monoisotopic (exact) mass is 398 g/mol. The average Bonchev–Trinajstić information content (AvgIpc) is 2.51. The molecule has 21 heavy (non-hydrogen) atoms. The van der Waals surface area contributed by atoms with Crippen LogP contribution in [0.25, 0.3) is 0 Å². The fraction of sp³-hybridized carbons (Fsp3) is 0.167. The van der Waals surface area contributed by atoms with Crippen LogP contribution in [-0.4, -0.2) is 11.6 Å². The third-order valence-corrected chi connectivity index (χ3v) is 2.27. The summed E-state index contributed by atoms with van der Waals surface area (Å²) in [6, 6.07) is 0. The van der Waals surface area contributed by atoms with E-state index in [1.165, 1.54) is 12.2 Å². The van der Waals surface area contributed by atoms with Crippen molar-refractivity contribution in [2.45, 2.75) is 13.8 Å². The number of hydrogen-bond acceptors (Lipinski definition) is 7. The zero-order valence-corrected chi connectivity index (χ0v) is 13.4. The van der Waals surface area contributed by atoms with Crippen molar-refractivity contribution in [1.82, 2.24) is 5.32 Å². The predicted octanol–water partition coefficient (Wildman–Crippen LogP) is 0.750. The summed E-state index contributed by atoms with van der Waals surface area (Å²) in [7, 11) is 4.49. The van der Waals surface area contributed by atoms with Gasteiger partial charge in [-0.25, -0.2) is 0 Å². The van der Waals surface area contributed by atoms with Gasteiger partial charge in [0.05, 0.1) is 22.8 Å². The molecule has 7 nitrogen and oxygen atoms in total. The van der Waals surface area contributed by atoms with E-state index in [4.69, 9.17) is 0 Å². The van der Waals surface area contributed by atoms with E-state index in [0.29, 0.717) is 11.4 Å². The van der Waals surface area contributed by atoms with Gasteiger partial charge in [0, 0.05) is 11.8 Å². The zero-order valence-electron chi connectivity index (χ0n) is 11.1. The Balaban J connectivity index is 0.00000106. The van der Waals surface area contributed by atoms with Crippen LogP contribution < -0.4 is 15.5 Å². The summed E-state index contributed by atoms with van der Waals surface area (Å²) in [4.78, 5) is 0. The first-order valence-corrected chi connectivity index (χ1v) is 7.65. The van der Waals surface area contributed by atoms with Crippen molar-refractivity contribution in [3.05, 3.63) is 47.3 Å². The van der Waals surface area contributed by atoms with Crippen LogP contribution in [0.4, 0.5) is 0 Å². The van der Waals surface area contributed by atoms with Gasteiger partial charge < -0.3 is 15.5 Å². The van der Waals surface area contributed by atoms with Gasteiger partial charge in [0.15, 0.2) is 0 Å². The van der Waals surface area contributed by atoms with Crippen molar-refractivity contribution in [2.75, 3.05) is 0 Å². The average molecular weight is 399 g/mol. The summed E-state index contributed by atoms with van der Waals surface area (Å²) in [5, 5.41) is 40.8. The molecular formula is C12H11ClN5O2Pd-. The van der Waals surface area contributed by atoms with Gasteiger partial charge in [0.25, 0.3) is 0 Å². The predicted molar refractivity (Wildman–Crippen MR) is 72.4 cm³/mol. The van der Waals surface area contributed by atoms with E-state index in [1.807, 2.05) is 0 Å². The Bertz CT molecular complexity index is 617. The molecule has 0 atom stereocenters. The van der Waals surface area contributed by atoms with Crippen molar-refractivity contribution in [2.24, 2.45) is 20.4 Å². The third kappa shape index (κ3) is 5.27. The molecule has 0 fully saturated rings. The second kappa shape index (κ2) is 8.52. The van der Waals surface area contributed by atoms with Crippen molar-refractivity contribution >= 4 is 21.1 Å². The number of allylic oxidation sites excluding steroid dienone is 5. The first kappa shape index (κ1) is 17.3. The molecule has 0 saturated carbocycles. The van der Waals surface area contributed by atoms with E-state index >= 15 is 0 Å². The molecule has 0 unspecified atom stereocenters. The topological polar surface area (TPSA) is 108 Å². The molecule has 0 aliphatic carbocycles. The van der Waals surface area contributed by atoms with E-state index in [0.717, 1.165) is 0 Å². The Labute approximate surface area is 136 Å². The first-order valence-electron chi connectivity index (χ1n) is 5.64. The van der Waals surface area contributed by atoms with Gasteiger partial charge in [-0.15, -0.1) is 0 Å². The summed E-state index contributed by atoms with van der Waals surface area (Å²) in [5.41, 5.74) is 1.32. The van der Waals surface area contributed by atoms with Gasteiger partial charge in [-0.3, -0.25) is 0 Å². The number of fused-ring (bicyclic) bond motifs is 2. The minimum absolute atomic E-state index is 0.166. The zero-order chi connectivity index (χ0) is 15.8. The number of halogens is 1. The van der Waals surface area contributed by atoms with E-state index in [9.17, 15) is 10.2 Å². The maximum atomic E-state index is 11.7. The Morgan fingerprint density at radius 2 is 1.86 bits per heavy atom. The van der Waals surface area contributed by atoms with Crippen LogP contribution in [0.2, 0.25) is 0 Å². The van der Waals surface area contributed by atoms with Gasteiger partial charge in [0.1, 0.15) is 0 Å². The number of hydrogen-bond donors (Lipinski definition) is 1. The van der Waals surface area contributed by atoms with Gasteiger partial charge in [-0.1, -0.05) is 6.08 Å². The number of dihydropyridines is 1. The summed E-state index contributed by atoms with van der Waals surface area (Å²) < 4.78 is 0. The Hall–Kier alpha value is -1.75. The molecule has 0 saturated heterocycles. The Morgan fingerprint density at radius 3 is 2.57 bits per heavy atom. The van der Waals surface area contributed by atoms with Crippen LogP contribution in [0.3, 0.4) is 0 Å². The Morgan fingerprint density at radius 1 is 1.14 bits per heavy atom. The number of rotatable bonds is 0. The molecule has 0 amide bonds. The van der Waals surface area contributed by atoms with Crippen molar-refractivity contribution < 1.29 is 28.4 Å². The molecule has 2 rings (SSSR count). The van der Waals surface area contributed by atoms with Crippen LogP contribution >= 0.6 is 9.53 Å². The Kier molecular flexibility index (Phi) is 7.02.